The van der Waals surface area contributed by atoms with Crippen molar-refractivity contribution in [3.05, 3.63) is 64.7 Å². The zero-order valence-electron chi connectivity index (χ0n) is 15.4. The lowest BCUT2D eigenvalue weighted by atomic mass is 10.1. The summed E-state index contributed by atoms with van der Waals surface area (Å²) in [7, 11) is 1.67. The van der Waals surface area contributed by atoms with Gasteiger partial charge in [0.2, 0.25) is 5.91 Å². The summed E-state index contributed by atoms with van der Waals surface area (Å²) in [6.45, 7) is 4.89. The molecule has 0 atom stereocenters. The number of carbonyl (C=O) groups is 1. The van der Waals surface area contributed by atoms with E-state index in [1.165, 1.54) is 16.7 Å². The molecule has 5 heteroatoms. The predicted octanol–water partition coefficient (Wildman–Crippen LogP) is 2.59. The zero-order chi connectivity index (χ0) is 18.9. The van der Waals surface area contributed by atoms with Crippen LogP contribution in [-0.2, 0) is 11.3 Å². The van der Waals surface area contributed by atoms with Gasteiger partial charge in [0.1, 0.15) is 0 Å². The molecule has 3 N–H and O–H groups in total. The molecule has 0 fully saturated rings. The smallest absolute Gasteiger partial charge is 0.243 e. The fourth-order valence-electron chi connectivity index (χ4n) is 2.50. The number of aliphatic imine (C=N–C) groups is 1. The summed E-state index contributed by atoms with van der Waals surface area (Å²) in [5, 5.41) is 9.03. The highest BCUT2D eigenvalue weighted by molar-refractivity contribution is 5.95. The van der Waals surface area contributed by atoms with E-state index < -0.39 is 0 Å². The molecule has 0 heterocycles. The van der Waals surface area contributed by atoms with E-state index in [1.54, 1.807) is 19.2 Å². The molecule has 2 aromatic rings. The van der Waals surface area contributed by atoms with Gasteiger partial charge < -0.3 is 16.0 Å². The second-order valence-electron chi connectivity index (χ2n) is 5.98. The predicted molar refractivity (Wildman–Crippen MR) is 107 cm³/mol. The summed E-state index contributed by atoms with van der Waals surface area (Å²) in [5.74, 6) is 2.94. The summed E-state index contributed by atoms with van der Waals surface area (Å²) >= 11 is 0. The van der Waals surface area contributed by atoms with Crippen LogP contribution in [0.25, 0.3) is 0 Å². The number of hydrogen-bond acceptors (Lipinski definition) is 2. The van der Waals surface area contributed by atoms with E-state index >= 15 is 0 Å². The van der Waals surface area contributed by atoms with Gasteiger partial charge in [0, 0.05) is 24.8 Å². The maximum absolute atomic E-state index is 12.1. The Labute approximate surface area is 154 Å². The fraction of sp³-hybridized carbons (Fsp3) is 0.238. The maximum Gasteiger partial charge on any atom is 0.243 e. The highest BCUT2D eigenvalue weighted by Crippen LogP contribution is 2.10. The molecule has 0 aliphatic heterocycles. The number of hydrogen-bond donors (Lipinski definition) is 3. The molecule has 2 aromatic carbocycles. The van der Waals surface area contributed by atoms with Gasteiger partial charge in [-0.15, -0.1) is 6.42 Å². The second kappa shape index (κ2) is 9.28. The van der Waals surface area contributed by atoms with E-state index in [-0.39, 0.29) is 12.5 Å². The van der Waals surface area contributed by atoms with Crippen molar-refractivity contribution in [1.82, 2.24) is 10.6 Å². The first-order chi connectivity index (χ1) is 12.5. The van der Waals surface area contributed by atoms with Crippen molar-refractivity contribution in [2.24, 2.45) is 4.99 Å². The minimum absolute atomic E-state index is 0.104. The van der Waals surface area contributed by atoms with Crippen LogP contribution in [-0.4, -0.2) is 25.5 Å². The van der Waals surface area contributed by atoms with Gasteiger partial charge in [-0.25, -0.2) is 0 Å². The third-order valence-corrected chi connectivity index (χ3v) is 3.90. The molecule has 0 aromatic heterocycles. The normalized spacial score (nSPS) is 10.8. The Bertz CT molecular complexity index is 849. The lowest BCUT2D eigenvalue weighted by Gasteiger charge is -2.13. The van der Waals surface area contributed by atoms with Gasteiger partial charge in [-0.05, 0) is 43.2 Å². The molecule has 0 aliphatic carbocycles. The molecule has 0 spiro atoms. The molecular formula is C21H24N4O. The molecule has 134 valence electrons. The van der Waals surface area contributed by atoms with E-state index in [1.807, 2.05) is 12.1 Å². The first kappa shape index (κ1) is 19.1. The van der Waals surface area contributed by atoms with Crippen molar-refractivity contribution in [3.8, 4) is 12.3 Å². The Balaban J connectivity index is 1.84. The van der Waals surface area contributed by atoms with Crippen LogP contribution in [0.4, 0.5) is 5.69 Å². The third kappa shape index (κ3) is 5.67. The topological polar surface area (TPSA) is 65.5 Å². The molecule has 0 radical (unpaired) electrons. The van der Waals surface area contributed by atoms with Gasteiger partial charge in [-0.2, -0.15) is 0 Å². The number of rotatable bonds is 5. The van der Waals surface area contributed by atoms with Crippen molar-refractivity contribution < 1.29 is 4.79 Å². The van der Waals surface area contributed by atoms with Gasteiger partial charge in [0.15, 0.2) is 5.96 Å². The average Bonchev–Trinajstić information content (AvgIpc) is 2.63. The van der Waals surface area contributed by atoms with Crippen LogP contribution in [0.2, 0.25) is 0 Å². The van der Waals surface area contributed by atoms with E-state index in [2.05, 4.69) is 58.9 Å². The quantitative estimate of drug-likeness (QED) is 0.442. The summed E-state index contributed by atoms with van der Waals surface area (Å²) in [4.78, 5) is 16.2. The summed E-state index contributed by atoms with van der Waals surface area (Å²) in [5.41, 5.74) is 5.04. The van der Waals surface area contributed by atoms with Crippen LogP contribution < -0.4 is 16.0 Å². The van der Waals surface area contributed by atoms with Gasteiger partial charge in [0.25, 0.3) is 0 Å². The molecule has 5 nitrogen and oxygen atoms in total. The van der Waals surface area contributed by atoms with Gasteiger partial charge in [0.05, 0.1) is 6.54 Å². The standard InChI is InChI=1S/C21H24N4O/c1-5-17-7-6-8-19(12-17)25-20(26)14-24-21(22-4)23-13-18-10-9-15(2)11-16(18)3/h1,6-12H,13-14H2,2-4H3,(H,25,26)(H2,22,23,24). The molecule has 0 saturated heterocycles. The molecular weight excluding hydrogens is 324 g/mol. The Morgan fingerprint density at radius 1 is 1.15 bits per heavy atom. The number of anilines is 1. The number of amides is 1. The molecule has 2 rings (SSSR count). The molecule has 0 aliphatic rings. The molecule has 0 saturated carbocycles. The summed E-state index contributed by atoms with van der Waals surface area (Å²) in [6.07, 6.45) is 5.37. The first-order valence-corrected chi connectivity index (χ1v) is 8.39. The monoisotopic (exact) mass is 348 g/mol. The lowest BCUT2D eigenvalue weighted by Crippen LogP contribution is -2.41. The van der Waals surface area contributed by atoms with Crippen molar-refractivity contribution in [2.45, 2.75) is 20.4 Å². The highest BCUT2D eigenvalue weighted by atomic mass is 16.1. The number of aryl methyl sites for hydroxylation is 2. The minimum Gasteiger partial charge on any atom is -0.352 e. The Morgan fingerprint density at radius 2 is 1.96 bits per heavy atom. The van der Waals surface area contributed by atoms with Gasteiger partial charge in [-0.3, -0.25) is 9.79 Å². The SMILES string of the molecule is C#Cc1cccc(NC(=O)CNC(=NC)NCc2ccc(C)cc2C)c1. The highest BCUT2D eigenvalue weighted by Gasteiger charge is 2.06. The Kier molecular flexibility index (Phi) is 6.81. The molecule has 0 unspecified atom stereocenters. The summed E-state index contributed by atoms with van der Waals surface area (Å²) < 4.78 is 0. The van der Waals surface area contributed by atoms with E-state index in [0.717, 1.165) is 5.56 Å². The molecule has 26 heavy (non-hydrogen) atoms. The van der Waals surface area contributed by atoms with Crippen LogP contribution >= 0.6 is 0 Å². The van der Waals surface area contributed by atoms with Crippen molar-refractivity contribution >= 4 is 17.6 Å². The minimum atomic E-state index is -0.173. The number of terminal acetylenes is 1. The number of carbonyl (C=O) groups excluding carboxylic acids is 1. The largest absolute Gasteiger partial charge is 0.352 e. The Morgan fingerprint density at radius 3 is 2.65 bits per heavy atom. The molecule has 1 amide bonds. The lowest BCUT2D eigenvalue weighted by molar-refractivity contribution is -0.115. The summed E-state index contributed by atoms with van der Waals surface area (Å²) in [6, 6.07) is 13.5. The molecule has 0 bridgehead atoms. The zero-order valence-corrected chi connectivity index (χ0v) is 15.4. The van der Waals surface area contributed by atoms with Gasteiger partial charge >= 0.3 is 0 Å². The van der Waals surface area contributed by atoms with Crippen molar-refractivity contribution in [2.75, 3.05) is 18.9 Å². The number of benzene rings is 2. The maximum atomic E-state index is 12.1. The van der Waals surface area contributed by atoms with E-state index in [4.69, 9.17) is 6.42 Å². The Hall–Kier alpha value is -3.26. The van der Waals surface area contributed by atoms with E-state index in [0.29, 0.717) is 18.2 Å². The first-order valence-electron chi connectivity index (χ1n) is 8.39. The number of nitrogens with one attached hydrogen (secondary N) is 3. The van der Waals surface area contributed by atoms with Crippen LogP contribution in [0.3, 0.4) is 0 Å². The number of guanidine groups is 1. The van der Waals surface area contributed by atoms with Gasteiger partial charge in [-0.1, -0.05) is 35.7 Å². The average molecular weight is 348 g/mol. The van der Waals surface area contributed by atoms with Crippen LogP contribution in [0, 0.1) is 26.2 Å². The van der Waals surface area contributed by atoms with Crippen LogP contribution in [0.5, 0.6) is 0 Å². The number of nitrogens with zero attached hydrogens (tertiary/aromatic N) is 1. The third-order valence-electron chi connectivity index (χ3n) is 3.90. The van der Waals surface area contributed by atoms with E-state index in [9.17, 15) is 4.79 Å². The second-order valence-corrected chi connectivity index (χ2v) is 5.98. The fourth-order valence-corrected chi connectivity index (χ4v) is 2.50. The van der Waals surface area contributed by atoms with Crippen LogP contribution in [0.1, 0.15) is 22.3 Å². The van der Waals surface area contributed by atoms with Crippen LogP contribution in [0.15, 0.2) is 47.5 Å². The van der Waals surface area contributed by atoms with Crippen molar-refractivity contribution in [3.63, 3.8) is 0 Å². The van der Waals surface area contributed by atoms with Crippen molar-refractivity contribution in [1.29, 1.82) is 0 Å².